The first-order valence-electron chi connectivity index (χ1n) is 38.0. The molecule has 0 aromatic rings. The highest BCUT2D eigenvalue weighted by atomic mass is 16.1. The van der Waals surface area contributed by atoms with E-state index in [1.807, 2.05) is 0 Å². The van der Waals surface area contributed by atoms with Gasteiger partial charge in [-0.15, -0.1) is 0 Å². The van der Waals surface area contributed by atoms with Crippen LogP contribution in [-0.2, 0) is 28.8 Å². The van der Waals surface area contributed by atoms with Crippen molar-refractivity contribution in [2.75, 3.05) is 0 Å². The highest BCUT2D eigenvalue weighted by Crippen LogP contribution is 2.39. The Bertz CT molecular complexity index is 2290. The fourth-order valence-electron chi connectivity index (χ4n) is 17.3. The first-order chi connectivity index (χ1) is 42.9. The summed E-state index contributed by atoms with van der Waals surface area (Å²) in [7, 11) is 0. The molecule has 6 heteroatoms. The minimum absolute atomic E-state index is 0.0470. The Morgan fingerprint density at radius 3 is 1.40 bits per heavy atom. The number of carbonyl (C=O) groups excluding carboxylic acids is 6. The van der Waals surface area contributed by atoms with Crippen LogP contribution >= 0.6 is 0 Å². The van der Waals surface area contributed by atoms with Crippen LogP contribution in [0.1, 0.15) is 310 Å². The van der Waals surface area contributed by atoms with Crippen molar-refractivity contribution in [1.29, 1.82) is 0 Å². The lowest BCUT2D eigenvalue weighted by molar-refractivity contribution is -0.127. The number of unbranched alkanes of at least 4 members (excludes halogenated alkanes) is 4. The lowest BCUT2D eigenvalue weighted by Crippen LogP contribution is -2.25. The summed E-state index contributed by atoms with van der Waals surface area (Å²) in [6.07, 6.45) is 71.0. The van der Waals surface area contributed by atoms with Crippen molar-refractivity contribution < 1.29 is 28.8 Å². The number of allylic oxidation sites excluding steroid dienone is 12. The van der Waals surface area contributed by atoms with E-state index in [0.717, 1.165) is 134 Å². The molecule has 0 heterocycles. The van der Waals surface area contributed by atoms with Crippen LogP contribution in [0.15, 0.2) is 72.9 Å². The average molecular weight is 1210 g/mol. The number of Topliss-reactive ketones (excluding diaryl/α,β-unsaturated/α-hetero) is 6. The zero-order valence-electron chi connectivity index (χ0n) is 56.7. The summed E-state index contributed by atoms with van der Waals surface area (Å²) in [5.74, 6) is 7.05. The van der Waals surface area contributed by atoms with Gasteiger partial charge >= 0.3 is 0 Å². The van der Waals surface area contributed by atoms with E-state index in [1.165, 1.54) is 109 Å². The van der Waals surface area contributed by atoms with E-state index in [1.54, 1.807) is 0 Å². The summed E-state index contributed by atoms with van der Waals surface area (Å²) in [6, 6.07) is 0. The molecule has 1 fully saturated rings. The van der Waals surface area contributed by atoms with E-state index >= 15 is 0 Å². The number of hydrogen-bond acceptors (Lipinski definition) is 6. The maximum atomic E-state index is 14.2. The van der Waals surface area contributed by atoms with Gasteiger partial charge in [-0.1, -0.05) is 203 Å². The molecule has 0 aliphatic heterocycles. The normalized spacial score (nSPS) is 31.5. The molecule has 0 N–H and O–H groups in total. The number of rotatable bonds is 32. The monoisotopic (exact) mass is 1210 g/mol. The molecule has 7 aliphatic rings. The summed E-state index contributed by atoms with van der Waals surface area (Å²) in [5, 5.41) is 0. The van der Waals surface area contributed by atoms with E-state index in [9.17, 15) is 28.8 Å². The summed E-state index contributed by atoms with van der Waals surface area (Å²) >= 11 is 0. The number of ketones is 6. The zero-order valence-corrected chi connectivity index (χ0v) is 56.7. The van der Waals surface area contributed by atoms with Crippen molar-refractivity contribution in [3.63, 3.8) is 0 Å². The molecule has 7 rings (SSSR count). The SMILES string of the molecule is CCCCC1C=CCC(C(=O)CCC(CCC(=O)C2CC=CC(CCCCC3CCCCC4C=CCC(C4)C(=O)CC(CCC(=O)C4CC=CC(CCCCC(C)CC)C4)CCC(=O)C4CC=CC(CCC3)C4)C2)CC(=O)C2CC=CC(CCCC)C2)C1. The number of fused-ring (bicyclic) bond motifs is 4. The average Bonchev–Trinajstić information content (AvgIpc) is 3.74. The first-order valence-corrected chi connectivity index (χ1v) is 38.0. The van der Waals surface area contributed by atoms with Gasteiger partial charge in [0.2, 0.25) is 0 Å². The summed E-state index contributed by atoms with van der Waals surface area (Å²) in [4.78, 5) is 84.2. The maximum absolute atomic E-state index is 14.2. The Morgan fingerprint density at radius 2 is 0.864 bits per heavy atom. The van der Waals surface area contributed by atoms with E-state index in [0.29, 0.717) is 121 Å². The molecule has 88 heavy (non-hydrogen) atoms. The minimum Gasteiger partial charge on any atom is -0.299 e. The fraction of sp³-hybridized carbons (Fsp3) is 0.780. The lowest BCUT2D eigenvalue weighted by Gasteiger charge is -2.28. The van der Waals surface area contributed by atoms with Gasteiger partial charge in [-0.25, -0.2) is 0 Å². The second-order valence-electron chi connectivity index (χ2n) is 30.7. The van der Waals surface area contributed by atoms with Crippen molar-refractivity contribution in [2.45, 2.75) is 310 Å². The van der Waals surface area contributed by atoms with Crippen LogP contribution in [0.4, 0.5) is 0 Å². The molecule has 16 unspecified atom stereocenters. The smallest absolute Gasteiger partial charge is 0.136 e. The quantitative estimate of drug-likeness (QED) is 0.0491. The Kier molecular flexibility index (Phi) is 33.0. The number of carbonyl (C=O) groups is 6. The van der Waals surface area contributed by atoms with Crippen molar-refractivity contribution in [3.05, 3.63) is 72.9 Å². The van der Waals surface area contributed by atoms with Crippen LogP contribution in [-0.4, -0.2) is 34.7 Å². The lowest BCUT2D eigenvalue weighted by atomic mass is 9.76. The van der Waals surface area contributed by atoms with Crippen molar-refractivity contribution in [3.8, 4) is 0 Å². The van der Waals surface area contributed by atoms with Gasteiger partial charge in [-0.3, -0.25) is 28.8 Å². The standard InChI is InChI=1S/C82H128O6/c1-5-8-24-63-33-17-39-71(53-63)77(83)49-45-69(59-81(87)75-43-21-34-64(57-75)25-9-6-2)46-51-79(85)73-41-19-36-66(55-73)29-14-12-26-62-27-13-15-30-67-37-22-44-76(58-67)82(88)60-70(48-52-80(86)74-42-20-38-68(56-74)32-16-31-62)47-50-78(84)72-40-18-35-65(54-72)28-11-10-23-61(4)7-3/h17-22,33-38,61-76H,5-16,23-32,39-60H2,1-4H3. The Hall–Kier alpha value is -3.54. The maximum Gasteiger partial charge on any atom is 0.136 e. The van der Waals surface area contributed by atoms with Crippen LogP contribution in [0.5, 0.6) is 0 Å². The van der Waals surface area contributed by atoms with Gasteiger partial charge in [0.1, 0.15) is 34.7 Å². The molecule has 0 amide bonds. The Labute approximate surface area is 538 Å². The topological polar surface area (TPSA) is 102 Å². The Morgan fingerprint density at radius 1 is 0.420 bits per heavy atom. The molecule has 0 aromatic heterocycles. The summed E-state index contributed by atoms with van der Waals surface area (Å²) < 4.78 is 0. The largest absolute Gasteiger partial charge is 0.299 e. The molecule has 0 radical (unpaired) electrons. The van der Waals surface area contributed by atoms with Gasteiger partial charge in [0.25, 0.3) is 0 Å². The van der Waals surface area contributed by atoms with E-state index in [2.05, 4.69) is 101 Å². The van der Waals surface area contributed by atoms with Gasteiger partial charge in [0, 0.05) is 74.0 Å². The van der Waals surface area contributed by atoms with Crippen LogP contribution in [0.2, 0.25) is 0 Å². The van der Waals surface area contributed by atoms with E-state index in [-0.39, 0.29) is 47.3 Å². The predicted octanol–water partition coefficient (Wildman–Crippen LogP) is 21.9. The number of hydrogen-bond donors (Lipinski definition) is 0. The molecule has 4 bridgehead atoms. The molecule has 0 aromatic carbocycles. The van der Waals surface area contributed by atoms with Crippen molar-refractivity contribution >= 4 is 34.7 Å². The first kappa shape index (κ1) is 71.9. The van der Waals surface area contributed by atoms with E-state index in [4.69, 9.17) is 0 Å². The highest BCUT2D eigenvalue weighted by Gasteiger charge is 2.33. The molecule has 1 saturated carbocycles. The van der Waals surface area contributed by atoms with Gasteiger partial charge in [-0.05, 0) is 200 Å². The summed E-state index contributed by atoms with van der Waals surface area (Å²) in [6.45, 7) is 9.10. The minimum atomic E-state index is 0.0470. The molecule has 0 spiro atoms. The predicted molar refractivity (Wildman–Crippen MR) is 367 cm³/mol. The molecular formula is C82H128O6. The van der Waals surface area contributed by atoms with Crippen LogP contribution in [0.3, 0.4) is 0 Å². The van der Waals surface area contributed by atoms with Gasteiger partial charge in [0.15, 0.2) is 0 Å². The van der Waals surface area contributed by atoms with Crippen LogP contribution < -0.4 is 0 Å². The second-order valence-corrected chi connectivity index (χ2v) is 30.7. The molecule has 492 valence electrons. The van der Waals surface area contributed by atoms with Gasteiger partial charge < -0.3 is 0 Å². The van der Waals surface area contributed by atoms with Crippen molar-refractivity contribution in [2.24, 2.45) is 94.7 Å². The molecule has 0 saturated heterocycles. The molecular weight excluding hydrogens is 1080 g/mol. The van der Waals surface area contributed by atoms with Gasteiger partial charge in [0.05, 0.1) is 0 Å². The van der Waals surface area contributed by atoms with E-state index < -0.39 is 0 Å². The zero-order chi connectivity index (χ0) is 62.3. The third-order valence-corrected chi connectivity index (χ3v) is 23.5. The second kappa shape index (κ2) is 40.4. The molecule has 16 atom stereocenters. The summed E-state index contributed by atoms with van der Waals surface area (Å²) in [5.41, 5.74) is 0. The van der Waals surface area contributed by atoms with Crippen LogP contribution in [0, 0.1) is 94.7 Å². The van der Waals surface area contributed by atoms with Crippen LogP contribution in [0.25, 0.3) is 0 Å². The third-order valence-electron chi connectivity index (χ3n) is 23.5. The Balaban J connectivity index is 0.865. The third kappa shape index (κ3) is 25.9. The molecule has 7 aliphatic carbocycles. The highest BCUT2D eigenvalue weighted by molar-refractivity contribution is 5.85. The van der Waals surface area contributed by atoms with Gasteiger partial charge in [-0.2, -0.15) is 0 Å². The fourth-order valence-corrected chi connectivity index (χ4v) is 17.3. The van der Waals surface area contributed by atoms with Crippen molar-refractivity contribution in [1.82, 2.24) is 0 Å². The molecule has 6 nitrogen and oxygen atoms in total.